The lowest BCUT2D eigenvalue weighted by Crippen LogP contribution is -2.29. The van der Waals surface area contributed by atoms with Gasteiger partial charge in [0.2, 0.25) is 11.8 Å². The van der Waals surface area contributed by atoms with Gasteiger partial charge in [-0.15, -0.1) is 11.3 Å². The number of thiazole rings is 1. The number of aromatic nitrogens is 1. The standard InChI is InChI=1S/C18H26N6O2S/c1-4-5-14-7-20-17(11-24(14)19)26-15-6-12(2)23(9-15)10-16-8-21-18(27-16)22-13(3)25/h5,7-8,11-12,15H,4,6,9-10,19H2,1-3H3,(H,21,22,25)/b14-5-/t12-,15+/m0/s1. The number of hydrogen-bond acceptors (Lipinski definition) is 8. The molecular formula is C18H26N6O2S. The molecule has 0 aliphatic carbocycles. The van der Waals surface area contributed by atoms with E-state index in [9.17, 15) is 4.79 Å². The van der Waals surface area contributed by atoms with E-state index < -0.39 is 0 Å². The highest BCUT2D eigenvalue weighted by Gasteiger charge is 2.31. The minimum absolute atomic E-state index is 0.0660. The molecule has 9 heteroatoms. The molecule has 0 saturated carbocycles. The lowest BCUT2D eigenvalue weighted by Gasteiger charge is -2.22. The number of carbonyl (C=O) groups is 1. The molecule has 2 atom stereocenters. The molecule has 2 aliphatic heterocycles. The van der Waals surface area contributed by atoms with Crippen molar-refractivity contribution in [3.8, 4) is 0 Å². The lowest BCUT2D eigenvalue weighted by atomic mass is 10.2. The lowest BCUT2D eigenvalue weighted by molar-refractivity contribution is -0.114. The highest BCUT2D eigenvalue weighted by atomic mass is 32.1. The van der Waals surface area contributed by atoms with Gasteiger partial charge in [-0.1, -0.05) is 13.0 Å². The first-order valence-corrected chi connectivity index (χ1v) is 9.89. The van der Waals surface area contributed by atoms with Crippen molar-refractivity contribution in [3.05, 3.63) is 34.9 Å². The first-order valence-electron chi connectivity index (χ1n) is 9.07. The minimum Gasteiger partial charge on any atom is -0.472 e. The molecule has 0 bridgehead atoms. The van der Waals surface area contributed by atoms with Gasteiger partial charge in [-0.25, -0.2) is 15.8 Å². The molecule has 3 rings (SSSR count). The average molecular weight is 391 g/mol. The summed E-state index contributed by atoms with van der Waals surface area (Å²) in [5.41, 5.74) is 0.867. The summed E-state index contributed by atoms with van der Waals surface area (Å²) >= 11 is 1.50. The third-order valence-electron chi connectivity index (χ3n) is 4.43. The van der Waals surface area contributed by atoms with Gasteiger partial charge in [0.15, 0.2) is 5.13 Å². The van der Waals surface area contributed by atoms with Crippen molar-refractivity contribution in [1.82, 2.24) is 14.9 Å². The summed E-state index contributed by atoms with van der Waals surface area (Å²) < 4.78 is 6.05. The number of allylic oxidation sites excluding steroid dienone is 2. The van der Waals surface area contributed by atoms with E-state index in [2.05, 4.69) is 34.0 Å². The van der Waals surface area contributed by atoms with Crippen molar-refractivity contribution in [2.24, 2.45) is 10.8 Å². The number of nitrogens with zero attached hydrogens (tertiary/aromatic N) is 4. The van der Waals surface area contributed by atoms with Crippen molar-refractivity contribution in [1.29, 1.82) is 0 Å². The van der Waals surface area contributed by atoms with Crippen LogP contribution in [0.2, 0.25) is 0 Å². The smallest absolute Gasteiger partial charge is 0.232 e. The van der Waals surface area contributed by atoms with Crippen LogP contribution in [0.15, 0.2) is 35.0 Å². The topological polar surface area (TPSA) is 96.1 Å². The number of amides is 1. The summed E-state index contributed by atoms with van der Waals surface area (Å²) in [5.74, 6) is 6.43. The monoisotopic (exact) mass is 390 g/mol. The predicted octanol–water partition coefficient (Wildman–Crippen LogP) is 2.43. The molecule has 1 aromatic heterocycles. The molecule has 0 unspecified atom stereocenters. The fraction of sp³-hybridized carbons (Fsp3) is 0.500. The van der Waals surface area contributed by atoms with E-state index >= 15 is 0 Å². The van der Waals surface area contributed by atoms with Crippen LogP contribution in [0, 0.1) is 0 Å². The van der Waals surface area contributed by atoms with Crippen LogP contribution in [-0.2, 0) is 16.1 Å². The summed E-state index contributed by atoms with van der Waals surface area (Å²) in [6.45, 7) is 7.32. The van der Waals surface area contributed by atoms with Crippen LogP contribution in [0.25, 0.3) is 0 Å². The number of ether oxygens (including phenoxy) is 1. The van der Waals surface area contributed by atoms with Crippen LogP contribution in [0.3, 0.4) is 0 Å². The van der Waals surface area contributed by atoms with E-state index in [1.165, 1.54) is 18.3 Å². The Morgan fingerprint density at radius 3 is 3.07 bits per heavy atom. The molecule has 0 spiro atoms. The average Bonchev–Trinajstić information content (AvgIpc) is 3.16. The van der Waals surface area contributed by atoms with E-state index in [-0.39, 0.29) is 12.0 Å². The number of carbonyl (C=O) groups excluding carboxylic acids is 1. The summed E-state index contributed by atoms with van der Waals surface area (Å²) in [4.78, 5) is 23.2. The van der Waals surface area contributed by atoms with Crippen molar-refractivity contribution in [2.75, 3.05) is 11.9 Å². The molecule has 146 valence electrons. The highest BCUT2D eigenvalue weighted by molar-refractivity contribution is 7.15. The molecular weight excluding hydrogens is 364 g/mol. The van der Waals surface area contributed by atoms with Crippen LogP contribution in [0.1, 0.15) is 38.5 Å². The molecule has 1 amide bonds. The minimum atomic E-state index is -0.105. The van der Waals surface area contributed by atoms with E-state index in [0.29, 0.717) is 17.1 Å². The third-order valence-corrected chi connectivity index (χ3v) is 5.33. The molecule has 27 heavy (non-hydrogen) atoms. The Hall–Kier alpha value is -2.23. The Balaban J connectivity index is 1.55. The van der Waals surface area contributed by atoms with Crippen molar-refractivity contribution < 1.29 is 9.53 Å². The number of likely N-dealkylation sites (tertiary alicyclic amines) is 1. The van der Waals surface area contributed by atoms with Crippen LogP contribution in [0.5, 0.6) is 0 Å². The van der Waals surface area contributed by atoms with E-state index in [4.69, 9.17) is 10.6 Å². The Morgan fingerprint density at radius 2 is 2.37 bits per heavy atom. The summed E-state index contributed by atoms with van der Waals surface area (Å²) in [6, 6.07) is 0.388. The maximum absolute atomic E-state index is 11.1. The van der Waals surface area contributed by atoms with Gasteiger partial charge in [0.05, 0.1) is 18.1 Å². The number of hydrogen-bond donors (Lipinski definition) is 2. The Morgan fingerprint density at radius 1 is 1.56 bits per heavy atom. The summed E-state index contributed by atoms with van der Waals surface area (Å²) in [5, 5.41) is 4.90. The molecule has 1 saturated heterocycles. The SMILES string of the molecule is CC/C=C1/C=NC(O[C@@H]2C[C@H](C)N(Cc3cnc(NC(C)=O)s3)C2)=CN1N. The van der Waals surface area contributed by atoms with Gasteiger partial charge in [-0.3, -0.25) is 14.7 Å². The number of aliphatic imine (C=N–C) groups is 1. The van der Waals surface area contributed by atoms with Gasteiger partial charge in [-0.05, 0) is 13.3 Å². The number of rotatable bonds is 6. The second kappa shape index (κ2) is 8.64. The van der Waals surface area contributed by atoms with E-state index in [1.807, 2.05) is 12.3 Å². The van der Waals surface area contributed by atoms with E-state index in [0.717, 1.165) is 36.5 Å². The Bertz CT molecular complexity index is 772. The van der Waals surface area contributed by atoms with Crippen LogP contribution < -0.4 is 11.2 Å². The number of nitrogens with one attached hydrogen (secondary N) is 1. The normalized spacial score (nSPS) is 24.4. The number of anilines is 1. The number of nitrogens with two attached hydrogens (primary N) is 1. The van der Waals surface area contributed by atoms with Crippen LogP contribution in [0.4, 0.5) is 5.13 Å². The molecule has 3 heterocycles. The zero-order valence-electron chi connectivity index (χ0n) is 15.9. The molecule has 3 N–H and O–H groups in total. The van der Waals surface area contributed by atoms with Gasteiger partial charge >= 0.3 is 0 Å². The molecule has 0 radical (unpaired) electrons. The molecule has 8 nitrogen and oxygen atoms in total. The van der Waals surface area contributed by atoms with Crippen LogP contribution in [-0.4, -0.2) is 45.7 Å². The number of hydrazine groups is 1. The summed E-state index contributed by atoms with van der Waals surface area (Å²) in [6.07, 6.45) is 9.17. The molecule has 2 aliphatic rings. The quantitative estimate of drug-likeness (QED) is 0.724. The highest BCUT2D eigenvalue weighted by Crippen LogP contribution is 2.27. The van der Waals surface area contributed by atoms with Crippen LogP contribution >= 0.6 is 11.3 Å². The van der Waals surface area contributed by atoms with Gasteiger partial charge in [-0.2, -0.15) is 0 Å². The first kappa shape index (κ1) is 19.5. The van der Waals surface area contributed by atoms with Crippen molar-refractivity contribution in [3.63, 3.8) is 0 Å². The van der Waals surface area contributed by atoms with Gasteiger partial charge < -0.3 is 10.1 Å². The van der Waals surface area contributed by atoms with E-state index in [1.54, 1.807) is 17.4 Å². The maximum Gasteiger partial charge on any atom is 0.232 e. The zero-order chi connectivity index (χ0) is 19.4. The third kappa shape index (κ3) is 5.15. The Labute approximate surface area is 163 Å². The first-order chi connectivity index (χ1) is 12.9. The second-order valence-electron chi connectivity index (χ2n) is 6.74. The van der Waals surface area contributed by atoms with Crippen molar-refractivity contribution in [2.45, 2.75) is 52.3 Å². The fourth-order valence-electron chi connectivity index (χ4n) is 3.16. The van der Waals surface area contributed by atoms with Crippen molar-refractivity contribution >= 4 is 28.6 Å². The maximum atomic E-state index is 11.1. The molecule has 1 aromatic rings. The fourth-order valence-corrected chi connectivity index (χ4v) is 4.05. The summed E-state index contributed by atoms with van der Waals surface area (Å²) in [7, 11) is 0. The molecule has 1 fully saturated rings. The van der Waals surface area contributed by atoms with Gasteiger partial charge in [0.1, 0.15) is 6.10 Å². The van der Waals surface area contributed by atoms with Gasteiger partial charge in [0.25, 0.3) is 0 Å². The van der Waals surface area contributed by atoms with Gasteiger partial charge in [0, 0.05) is 43.5 Å². The Kier molecular flexibility index (Phi) is 6.25. The molecule has 0 aromatic carbocycles. The zero-order valence-corrected chi connectivity index (χ0v) is 16.7. The predicted molar refractivity (Wildman–Crippen MR) is 107 cm³/mol. The second-order valence-corrected chi connectivity index (χ2v) is 7.85. The largest absolute Gasteiger partial charge is 0.472 e.